The lowest BCUT2D eigenvalue weighted by Gasteiger charge is -2.54. The zero-order valence-electron chi connectivity index (χ0n) is 14.7. The van der Waals surface area contributed by atoms with Gasteiger partial charge in [-0.25, -0.2) is 0 Å². The highest BCUT2D eigenvalue weighted by molar-refractivity contribution is 6.97. The lowest BCUT2D eigenvalue weighted by molar-refractivity contribution is 0.0151. The van der Waals surface area contributed by atoms with Gasteiger partial charge in [-0.15, -0.1) is 0 Å². The van der Waals surface area contributed by atoms with E-state index in [-0.39, 0.29) is 5.41 Å². The molecule has 1 aliphatic rings. The number of hydrogen-bond acceptors (Lipinski definition) is 1. The van der Waals surface area contributed by atoms with Crippen molar-refractivity contribution >= 4 is 18.7 Å². The Balaban J connectivity index is 2.21. The molecule has 0 bridgehead atoms. The molecule has 2 aromatic carbocycles. The summed E-state index contributed by atoms with van der Waals surface area (Å²) in [5, 5.41) is 2.64. The van der Waals surface area contributed by atoms with Crippen molar-refractivity contribution < 1.29 is 4.43 Å². The van der Waals surface area contributed by atoms with Gasteiger partial charge in [-0.05, 0) is 28.3 Å². The molecule has 0 unspecified atom stereocenters. The highest BCUT2D eigenvalue weighted by Crippen LogP contribution is 2.47. The van der Waals surface area contributed by atoms with E-state index in [1.165, 1.54) is 10.4 Å². The Labute approximate surface area is 146 Å². The fourth-order valence-corrected chi connectivity index (χ4v) is 8.58. The quantitative estimate of drug-likeness (QED) is 0.598. The minimum Gasteiger partial charge on any atom is -0.395 e. The number of benzene rings is 2. The fourth-order valence-electron chi connectivity index (χ4n) is 3.87. The molecule has 1 fully saturated rings. The second kappa shape index (κ2) is 6.19. The minimum absolute atomic E-state index is 0.0173. The van der Waals surface area contributed by atoms with Crippen molar-refractivity contribution in [1.82, 2.24) is 0 Å². The van der Waals surface area contributed by atoms with Gasteiger partial charge in [0.25, 0.3) is 8.32 Å². The first-order valence-corrected chi connectivity index (χ1v) is 10.7. The molecule has 1 nitrogen and oxygen atoms in total. The van der Waals surface area contributed by atoms with Crippen LogP contribution in [0, 0.1) is 5.41 Å². The van der Waals surface area contributed by atoms with Gasteiger partial charge in [-0.1, -0.05) is 99.8 Å². The van der Waals surface area contributed by atoms with Crippen LogP contribution in [0.3, 0.4) is 0 Å². The summed E-state index contributed by atoms with van der Waals surface area (Å²) in [5.74, 6) is 0. The monoisotopic (exact) mass is 334 g/mol. The zero-order chi connectivity index (χ0) is 17.3. The molecule has 1 heterocycles. The van der Waals surface area contributed by atoms with Crippen molar-refractivity contribution in [2.75, 3.05) is 0 Å². The van der Waals surface area contributed by atoms with Crippen LogP contribution in [-0.4, -0.2) is 13.9 Å². The van der Waals surface area contributed by atoms with E-state index < -0.39 is 13.9 Å². The van der Waals surface area contributed by atoms with Crippen LogP contribution in [0.1, 0.15) is 20.3 Å². The summed E-state index contributed by atoms with van der Waals surface area (Å²) in [6.45, 7) is 12.7. The molecular formula is C22H26OSi. The Hall–Kier alpha value is -1.90. The third-order valence-electron chi connectivity index (χ3n) is 5.59. The van der Waals surface area contributed by atoms with Gasteiger partial charge >= 0.3 is 0 Å². The maximum Gasteiger partial charge on any atom is 0.257 e. The highest BCUT2D eigenvalue weighted by Gasteiger charge is 2.55. The lowest BCUT2D eigenvalue weighted by Crippen LogP contribution is -2.69. The molecule has 1 saturated heterocycles. The molecule has 0 radical (unpaired) electrons. The Bertz CT molecular complexity index is 671. The van der Waals surface area contributed by atoms with Crippen LogP contribution >= 0.6 is 0 Å². The first-order valence-electron chi connectivity index (χ1n) is 8.58. The maximum absolute atomic E-state index is 7.05. The van der Waals surface area contributed by atoms with Crippen molar-refractivity contribution in [2.24, 2.45) is 5.41 Å². The standard InChI is InChI=1S/C22H26OSi/c1-5-22(6-2)21(3,4)17-18-24(23-22,19-13-9-7-10-14-19)20-15-11-8-12-16-20/h5-16H,1-2,17-18H2,3-4H3. The van der Waals surface area contributed by atoms with E-state index in [1.54, 1.807) is 0 Å². The first-order chi connectivity index (χ1) is 11.5. The van der Waals surface area contributed by atoms with Crippen molar-refractivity contribution in [3.63, 3.8) is 0 Å². The van der Waals surface area contributed by atoms with Crippen molar-refractivity contribution in [3.8, 4) is 0 Å². The molecule has 0 amide bonds. The Morgan fingerprint density at radius 3 is 1.75 bits per heavy atom. The molecule has 0 spiro atoms. The molecule has 2 aromatic rings. The van der Waals surface area contributed by atoms with Crippen LogP contribution in [0.15, 0.2) is 86.0 Å². The second-order valence-electron chi connectivity index (χ2n) is 7.25. The Kier molecular flexibility index (Phi) is 4.37. The van der Waals surface area contributed by atoms with Crippen LogP contribution in [0.25, 0.3) is 0 Å². The van der Waals surface area contributed by atoms with Crippen LogP contribution in [0.2, 0.25) is 6.04 Å². The average Bonchev–Trinajstić information content (AvgIpc) is 2.64. The van der Waals surface area contributed by atoms with E-state index in [1.807, 2.05) is 12.2 Å². The summed E-state index contributed by atoms with van der Waals surface area (Å²) in [6, 6.07) is 22.5. The molecule has 0 aromatic heterocycles. The van der Waals surface area contributed by atoms with Gasteiger partial charge in [0.1, 0.15) is 0 Å². The molecule has 1 aliphatic heterocycles. The van der Waals surface area contributed by atoms with Crippen LogP contribution in [-0.2, 0) is 4.43 Å². The second-order valence-corrected chi connectivity index (χ2v) is 10.8. The minimum atomic E-state index is -2.34. The number of rotatable bonds is 4. The van der Waals surface area contributed by atoms with Crippen LogP contribution in [0.4, 0.5) is 0 Å². The van der Waals surface area contributed by atoms with E-state index in [4.69, 9.17) is 4.43 Å². The van der Waals surface area contributed by atoms with Gasteiger partial charge in [0.05, 0.1) is 5.60 Å². The van der Waals surface area contributed by atoms with Gasteiger partial charge < -0.3 is 4.43 Å². The van der Waals surface area contributed by atoms with Crippen LogP contribution < -0.4 is 10.4 Å². The van der Waals surface area contributed by atoms with Gasteiger partial charge in [0.2, 0.25) is 0 Å². The smallest absolute Gasteiger partial charge is 0.257 e. The summed E-state index contributed by atoms with van der Waals surface area (Å²) in [5.41, 5.74) is -0.528. The molecule has 2 heteroatoms. The van der Waals surface area contributed by atoms with Crippen LogP contribution in [0.5, 0.6) is 0 Å². The molecule has 3 rings (SSSR count). The maximum atomic E-state index is 7.05. The molecule has 0 aliphatic carbocycles. The molecular weight excluding hydrogens is 308 g/mol. The van der Waals surface area contributed by atoms with Gasteiger partial charge in [0.15, 0.2) is 0 Å². The average molecular weight is 335 g/mol. The third-order valence-corrected chi connectivity index (χ3v) is 9.76. The van der Waals surface area contributed by atoms with E-state index in [0.29, 0.717) is 0 Å². The van der Waals surface area contributed by atoms with E-state index >= 15 is 0 Å². The SMILES string of the molecule is C=CC1(C=C)O[Si](c2ccccc2)(c2ccccc2)CCC1(C)C. The summed E-state index contributed by atoms with van der Waals surface area (Å²) < 4.78 is 7.05. The van der Waals surface area contributed by atoms with Gasteiger partial charge in [-0.2, -0.15) is 0 Å². The van der Waals surface area contributed by atoms with E-state index in [2.05, 4.69) is 87.7 Å². The van der Waals surface area contributed by atoms with Gasteiger partial charge in [-0.3, -0.25) is 0 Å². The Morgan fingerprint density at radius 2 is 1.33 bits per heavy atom. The predicted octanol–water partition coefficient (Wildman–Crippen LogP) is 4.30. The van der Waals surface area contributed by atoms with Crippen molar-refractivity contribution in [2.45, 2.75) is 31.9 Å². The van der Waals surface area contributed by atoms with E-state index in [0.717, 1.165) is 12.5 Å². The van der Waals surface area contributed by atoms with E-state index in [9.17, 15) is 0 Å². The molecule has 124 valence electrons. The first kappa shape index (κ1) is 16.9. The fraction of sp³-hybridized carbons (Fsp3) is 0.273. The van der Waals surface area contributed by atoms with Crippen molar-refractivity contribution in [1.29, 1.82) is 0 Å². The number of hydrogen-bond donors (Lipinski definition) is 0. The summed E-state index contributed by atoms with van der Waals surface area (Å²) >= 11 is 0. The van der Waals surface area contributed by atoms with Crippen molar-refractivity contribution in [3.05, 3.63) is 86.0 Å². The summed E-state index contributed by atoms with van der Waals surface area (Å²) in [4.78, 5) is 0. The zero-order valence-corrected chi connectivity index (χ0v) is 15.7. The lowest BCUT2D eigenvalue weighted by atomic mass is 9.73. The molecule has 0 N–H and O–H groups in total. The normalized spacial score (nSPS) is 20.9. The Morgan fingerprint density at radius 1 is 0.875 bits per heavy atom. The predicted molar refractivity (Wildman–Crippen MR) is 105 cm³/mol. The highest BCUT2D eigenvalue weighted by atomic mass is 28.4. The van der Waals surface area contributed by atoms with Gasteiger partial charge in [0, 0.05) is 0 Å². The molecule has 0 atom stereocenters. The largest absolute Gasteiger partial charge is 0.395 e. The topological polar surface area (TPSA) is 9.23 Å². The molecule has 0 saturated carbocycles. The summed E-state index contributed by atoms with van der Waals surface area (Å²) in [6.07, 6.45) is 4.99. The summed E-state index contributed by atoms with van der Waals surface area (Å²) in [7, 11) is -2.34. The third kappa shape index (κ3) is 2.50. The molecule has 24 heavy (non-hydrogen) atoms.